The number of amides is 1. The van der Waals surface area contributed by atoms with Gasteiger partial charge in [-0.25, -0.2) is 8.42 Å². The SMILES string of the molecule is CCN(CC)C(C)CNC(=O)c1ccc2c(c1)SC1=NS(=O)(=O)CCN12. The number of carbonyl (C=O) groups excluding carboxylic acids is 1. The maximum absolute atomic E-state index is 12.5. The normalized spacial score (nSPS) is 18.9. The number of hydrogen-bond acceptors (Lipinski definition) is 6. The first-order valence-corrected chi connectivity index (χ1v) is 11.2. The van der Waals surface area contributed by atoms with E-state index in [1.54, 1.807) is 6.07 Å². The number of rotatable bonds is 6. The van der Waals surface area contributed by atoms with E-state index in [0.29, 0.717) is 23.8 Å². The summed E-state index contributed by atoms with van der Waals surface area (Å²) in [6.45, 7) is 9.19. The van der Waals surface area contributed by atoms with Gasteiger partial charge in [-0.05, 0) is 50.0 Å². The molecular weight excluding hydrogens is 372 g/mol. The molecule has 1 aromatic carbocycles. The van der Waals surface area contributed by atoms with Gasteiger partial charge in [-0.2, -0.15) is 0 Å². The number of thioether (sulfide) groups is 1. The van der Waals surface area contributed by atoms with E-state index >= 15 is 0 Å². The molecule has 0 saturated heterocycles. The third-order valence-corrected chi connectivity index (χ3v) is 7.04. The van der Waals surface area contributed by atoms with Crippen molar-refractivity contribution in [2.75, 3.05) is 36.8 Å². The average Bonchev–Trinajstić information content (AvgIpc) is 2.95. The quantitative estimate of drug-likeness (QED) is 0.789. The van der Waals surface area contributed by atoms with Gasteiger partial charge >= 0.3 is 0 Å². The minimum Gasteiger partial charge on any atom is -0.350 e. The first-order valence-electron chi connectivity index (χ1n) is 8.79. The molecule has 1 amide bonds. The molecular formula is C17H24N4O3S2. The number of hydrogen-bond donors (Lipinski definition) is 1. The van der Waals surface area contributed by atoms with E-state index < -0.39 is 10.0 Å². The molecule has 9 heteroatoms. The lowest BCUT2D eigenvalue weighted by Crippen LogP contribution is -2.42. The Balaban J connectivity index is 1.70. The second-order valence-electron chi connectivity index (χ2n) is 6.38. The van der Waals surface area contributed by atoms with Crippen LogP contribution in [0.1, 0.15) is 31.1 Å². The summed E-state index contributed by atoms with van der Waals surface area (Å²) in [7, 11) is -3.37. The summed E-state index contributed by atoms with van der Waals surface area (Å²) in [5.41, 5.74) is 1.49. The fraction of sp³-hybridized carbons (Fsp3) is 0.529. The summed E-state index contributed by atoms with van der Waals surface area (Å²) in [6, 6.07) is 5.73. The van der Waals surface area contributed by atoms with Crippen molar-refractivity contribution in [2.24, 2.45) is 4.40 Å². The summed E-state index contributed by atoms with van der Waals surface area (Å²) in [5, 5.41) is 3.46. The van der Waals surface area contributed by atoms with Crippen LogP contribution in [-0.2, 0) is 10.0 Å². The molecule has 2 aliphatic rings. The molecule has 1 aromatic rings. The van der Waals surface area contributed by atoms with Gasteiger partial charge in [0.2, 0.25) is 0 Å². The summed E-state index contributed by atoms with van der Waals surface area (Å²) >= 11 is 1.30. The van der Waals surface area contributed by atoms with Crippen LogP contribution in [0.4, 0.5) is 5.69 Å². The number of sulfonamides is 1. The topological polar surface area (TPSA) is 82.1 Å². The molecule has 0 saturated carbocycles. The molecule has 0 spiro atoms. The fourth-order valence-corrected chi connectivity index (χ4v) is 5.49. The average molecular weight is 397 g/mol. The molecule has 1 unspecified atom stereocenters. The van der Waals surface area contributed by atoms with Gasteiger partial charge in [0.25, 0.3) is 15.9 Å². The molecule has 0 bridgehead atoms. The summed E-state index contributed by atoms with van der Waals surface area (Å²) < 4.78 is 27.2. The Bertz CT molecular complexity index is 834. The predicted octanol–water partition coefficient (Wildman–Crippen LogP) is 1.76. The molecule has 2 heterocycles. The molecule has 0 fully saturated rings. The van der Waals surface area contributed by atoms with E-state index in [9.17, 15) is 13.2 Å². The van der Waals surface area contributed by atoms with Crippen LogP contribution in [-0.4, -0.2) is 62.4 Å². The number of amidine groups is 1. The zero-order chi connectivity index (χ0) is 18.9. The van der Waals surface area contributed by atoms with Crippen molar-refractivity contribution in [3.05, 3.63) is 23.8 Å². The van der Waals surface area contributed by atoms with E-state index in [2.05, 4.69) is 35.4 Å². The Kier molecular flexibility index (Phi) is 5.59. The Morgan fingerprint density at radius 1 is 1.38 bits per heavy atom. The van der Waals surface area contributed by atoms with Crippen molar-refractivity contribution in [3.8, 4) is 0 Å². The van der Waals surface area contributed by atoms with Gasteiger partial charge in [0.15, 0.2) is 5.17 Å². The number of fused-ring (bicyclic) bond motifs is 3. The molecule has 1 N–H and O–H groups in total. The van der Waals surface area contributed by atoms with Crippen molar-refractivity contribution < 1.29 is 13.2 Å². The highest BCUT2D eigenvalue weighted by molar-refractivity contribution is 8.15. The maximum Gasteiger partial charge on any atom is 0.257 e. The van der Waals surface area contributed by atoms with Gasteiger partial charge in [-0.1, -0.05) is 13.8 Å². The summed E-state index contributed by atoms with van der Waals surface area (Å²) in [4.78, 5) is 17.5. The van der Waals surface area contributed by atoms with Crippen LogP contribution in [0.25, 0.3) is 0 Å². The third-order valence-electron chi connectivity index (χ3n) is 4.73. The molecule has 3 rings (SSSR count). The highest BCUT2D eigenvalue weighted by atomic mass is 32.2. The van der Waals surface area contributed by atoms with Crippen LogP contribution < -0.4 is 10.2 Å². The smallest absolute Gasteiger partial charge is 0.257 e. The van der Waals surface area contributed by atoms with Gasteiger partial charge in [0, 0.05) is 29.6 Å². The number of benzene rings is 1. The number of nitrogens with one attached hydrogen (secondary N) is 1. The Morgan fingerprint density at radius 2 is 2.12 bits per heavy atom. The van der Waals surface area contributed by atoms with Crippen LogP contribution >= 0.6 is 11.8 Å². The van der Waals surface area contributed by atoms with E-state index in [0.717, 1.165) is 23.7 Å². The number of nitrogens with zero attached hydrogens (tertiary/aromatic N) is 3. The largest absolute Gasteiger partial charge is 0.350 e. The van der Waals surface area contributed by atoms with Crippen molar-refractivity contribution in [1.82, 2.24) is 10.2 Å². The molecule has 1 atom stereocenters. The second kappa shape index (κ2) is 7.58. The van der Waals surface area contributed by atoms with Gasteiger partial charge in [0.05, 0.1) is 11.4 Å². The van der Waals surface area contributed by atoms with Gasteiger partial charge < -0.3 is 10.2 Å². The second-order valence-corrected chi connectivity index (χ2v) is 9.14. The van der Waals surface area contributed by atoms with Gasteiger partial charge in [0.1, 0.15) is 0 Å². The summed E-state index contributed by atoms with van der Waals surface area (Å²) in [5.74, 6) is -0.103. The van der Waals surface area contributed by atoms with E-state index in [4.69, 9.17) is 0 Å². The van der Waals surface area contributed by atoms with Gasteiger partial charge in [-0.15, -0.1) is 4.40 Å². The minimum absolute atomic E-state index is 0.0159. The monoisotopic (exact) mass is 396 g/mol. The highest BCUT2D eigenvalue weighted by Crippen LogP contribution is 2.42. The molecule has 0 radical (unpaired) electrons. The van der Waals surface area contributed by atoms with Crippen molar-refractivity contribution >= 4 is 38.5 Å². The highest BCUT2D eigenvalue weighted by Gasteiger charge is 2.33. The Morgan fingerprint density at radius 3 is 2.81 bits per heavy atom. The first kappa shape index (κ1) is 19.2. The number of anilines is 1. The standard InChI is InChI=1S/C17H24N4O3S2/c1-4-20(5-2)12(3)11-18-16(22)13-6-7-14-15(10-13)25-17-19-26(23,24)9-8-21(14)17/h6-7,10,12H,4-5,8-9,11H2,1-3H3,(H,18,22). The van der Waals surface area contributed by atoms with Crippen molar-refractivity contribution in [1.29, 1.82) is 0 Å². The fourth-order valence-electron chi connectivity index (χ4n) is 3.19. The Labute approximate surface area is 158 Å². The molecule has 0 aliphatic carbocycles. The van der Waals surface area contributed by atoms with Crippen LogP contribution in [0.15, 0.2) is 27.5 Å². The van der Waals surface area contributed by atoms with E-state index in [1.807, 2.05) is 17.0 Å². The van der Waals surface area contributed by atoms with Crippen LogP contribution in [0.5, 0.6) is 0 Å². The Hall–Kier alpha value is -1.58. The predicted molar refractivity (Wildman–Crippen MR) is 106 cm³/mol. The number of likely N-dealkylation sites (N-methyl/N-ethyl adjacent to an activating group) is 1. The van der Waals surface area contributed by atoms with Crippen molar-refractivity contribution in [3.63, 3.8) is 0 Å². The third kappa shape index (κ3) is 3.89. The van der Waals surface area contributed by atoms with E-state index in [-0.39, 0.29) is 17.7 Å². The maximum atomic E-state index is 12.5. The molecule has 0 aromatic heterocycles. The minimum atomic E-state index is -3.37. The molecule has 26 heavy (non-hydrogen) atoms. The zero-order valence-electron chi connectivity index (χ0n) is 15.2. The van der Waals surface area contributed by atoms with E-state index in [1.165, 1.54) is 11.8 Å². The van der Waals surface area contributed by atoms with Crippen LogP contribution in [0.3, 0.4) is 0 Å². The van der Waals surface area contributed by atoms with Crippen LogP contribution in [0, 0.1) is 0 Å². The lowest BCUT2D eigenvalue weighted by Gasteiger charge is -2.26. The molecule has 7 nitrogen and oxygen atoms in total. The first-order chi connectivity index (χ1) is 12.3. The molecule has 142 valence electrons. The summed E-state index contributed by atoms with van der Waals surface area (Å²) in [6.07, 6.45) is 0. The zero-order valence-corrected chi connectivity index (χ0v) is 16.9. The van der Waals surface area contributed by atoms with Crippen LogP contribution in [0.2, 0.25) is 0 Å². The van der Waals surface area contributed by atoms with Gasteiger partial charge in [-0.3, -0.25) is 9.69 Å². The van der Waals surface area contributed by atoms with Crippen molar-refractivity contribution in [2.45, 2.75) is 31.7 Å². The lowest BCUT2D eigenvalue weighted by molar-refractivity contribution is 0.0938. The number of carbonyl (C=O) groups is 1. The lowest BCUT2D eigenvalue weighted by atomic mass is 10.1. The molecule has 2 aliphatic heterocycles.